The zero-order chi connectivity index (χ0) is 35.1. The SMILES string of the molecule is Cc1ccc2cc1CNC(=O)[C@H](CCc1ccccc1)NC(=O)[C@@H](NC(=O)CCOCCCC1CCCC1)CC(=O)N1CCCC(CCO2)C1. The summed E-state index contributed by atoms with van der Waals surface area (Å²) in [6.07, 6.45) is 10.9. The van der Waals surface area contributed by atoms with Gasteiger partial charge in [0.1, 0.15) is 17.8 Å². The van der Waals surface area contributed by atoms with Gasteiger partial charge >= 0.3 is 0 Å². The van der Waals surface area contributed by atoms with E-state index in [-0.39, 0.29) is 49.6 Å². The van der Waals surface area contributed by atoms with Crippen LogP contribution in [0.2, 0.25) is 0 Å². The fraction of sp³-hybridized carbons (Fsp3) is 0.600. The summed E-state index contributed by atoms with van der Waals surface area (Å²) in [6.45, 7) is 4.83. The van der Waals surface area contributed by atoms with Gasteiger partial charge < -0.3 is 30.3 Å². The number of hydrogen-bond acceptors (Lipinski definition) is 6. The van der Waals surface area contributed by atoms with E-state index in [0.29, 0.717) is 39.1 Å². The molecule has 1 saturated heterocycles. The lowest BCUT2D eigenvalue weighted by Gasteiger charge is -2.34. The van der Waals surface area contributed by atoms with Crippen molar-refractivity contribution in [2.75, 3.05) is 32.9 Å². The first-order chi connectivity index (χ1) is 24.3. The number of fused-ring (bicyclic) bond motifs is 4. The van der Waals surface area contributed by atoms with Gasteiger partial charge in [-0.3, -0.25) is 19.2 Å². The summed E-state index contributed by atoms with van der Waals surface area (Å²) < 4.78 is 11.9. The molecule has 3 atom stereocenters. The van der Waals surface area contributed by atoms with Gasteiger partial charge in [-0.25, -0.2) is 0 Å². The van der Waals surface area contributed by atoms with E-state index >= 15 is 0 Å². The number of ether oxygens (including phenoxy) is 2. The summed E-state index contributed by atoms with van der Waals surface area (Å²) in [4.78, 5) is 56.2. The number of carbonyl (C=O) groups is 4. The Kier molecular flexibility index (Phi) is 14.5. The van der Waals surface area contributed by atoms with Crippen LogP contribution >= 0.6 is 0 Å². The van der Waals surface area contributed by atoms with Gasteiger partial charge in [-0.05, 0) is 92.5 Å². The molecule has 2 fully saturated rings. The average molecular weight is 689 g/mol. The van der Waals surface area contributed by atoms with Crippen LogP contribution in [0.3, 0.4) is 0 Å². The van der Waals surface area contributed by atoms with E-state index in [1.807, 2.05) is 55.5 Å². The van der Waals surface area contributed by atoms with E-state index in [9.17, 15) is 19.2 Å². The first kappa shape index (κ1) is 37.3. The molecule has 2 aliphatic heterocycles. The van der Waals surface area contributed by atoms with E-state index in [1.54, 1.807) is 4.90 Å². The maximum absolute atomic E-state index is 13.9. The molecule has 4 amide bonds. The van der Waals surface area contributed by atoms with Crippen LogP contribution < -0.4 is 20.7 Å². The van der Waals surface area contributed by atoms with Gasteiger partial charge in [0, 0.05) is 32.7 Å². The second-order valence-electron chi connectivity index (χ2n) is 14.4. The number of hydrogen-bond donors (Lipinski definition) is 3. The molecule has 2 aromatic carbocycles. The fourth-order valence-electron chi connectivity index (χ4n) is 7.42. The van der Waals surface area contributed by atoms with Crippen molar-refractivity contribution in [1.29, 1.82) is 0 Å². The van der Waals surface area contributed by atoms with Crippen LogP contribution in [0.15, 0.2) is 48.5 Å². The third kappa shape index (κ3) is 11.9. The molecular weight excluding hydrogens is 632 g/mol. The molecule has 10 nitrogen and oxygen atoms in total. The molecule has 3 N–H and O–H groups in total. The Balaban J connectivity index is 1.28. The Morgan fingerprint density at radius 2 is 1.78 bits per heavy atom. The number of amides is 4. The summed E-state index contributed by atoms with van der Waals surface area (Å²) in [6, 6.07) is 13.7. The van der Waals surface area contributed by atoms with Gasteiger partial charge in [0.15, 0.2) is 0 Å². The molecule has 0 aromatic heterocycles. The molecule has 2 heterocycles. The Labute approximate surface area is 297 Å². The van der Waals surface area contributed by atoms with Crippen LogP contribution in [0.1, 0.15) is 93.7 Å². The molecule has 10 heteroatoms. The number of nitrogens with one attached hydrogen (secondary N) is 3. The van der Waals surface area contributed by atoms with Crippen molar-refractivity contribution in [3.05, 3.63) is 65.2 Å². The van der Waals surface area contributed by atoms with Crippen molar-refractivity contribution in [2.24, 2.45) is 11.8 Å². The molecule has 0 radical (unpaired) electrons. The summed E-state index contributed by atoms with van der Waals surface area (Å²) in [5.41, 5.74) is 3.00. The normalized spacial score (nSPS) is 22.5. The van der Waals surface area contributed by atoms with Crippen LogP contribution in [0.5, 0.6) is 5.75 Å². The summed E-state index contributed by atoms with van der Waals surface area (Å²) >= 11 is 0. The van der Waals surface area contributed by atoms with E-state index in [2.05, 4.69) is 16.0 Å². The zero-order valence-electron chi connectivity index (χ0n) is 29.8. The van der Waals surface area contributed by atoms with Crippen LogP contribution in [0.4, 0.5) is 0 Å². The van der Waals surface area contributed by atoms with Crippen LogP contribution in [-0.2, 0) is 36.9 Å². The second kappa shape index (κ2) is 19.5. The first-order valence-electron chi connectivity index (χ1n) is 18.8. The Morgan fingerprint density at radius 3 is 2.60 bits per heavy atom. The minimum absolute atomic E-state index is 0.0868. The van der Waals surface area contributed by atoms with E-state index in [1.165, 1.54) is 25.7 Å². The van der Waals surface area contributed by atoms with Gasteiger partial charge in [-0.15, -0.1) is 0 Å². The van der Waals surface area contributed by atoms with Crippen molar-refractivity contribution >= 4 is 23.6 Å². The van der Waals surface area contributed by atoms with Gasteiger partial charge in [-0.2, -0.15) is 0 Å². The lowest BCUT2D eigenvalue weighted by Crippen LogP contribution is -2.55. The lowest BCUT2D eigenvalue weighted by molar-refractivity contribution is -0.138. The third-order valence-electron chi connectivity index (χ3n) is 10.5. The molecule has 1 saturated carbocycles. The van der Waals surface area contributed by atoms with Gasteiger partial charge in [0.05, 0.1) is 19.6 Å². The maximum Gasteiger partial charge on any atom is 0.243 e. The number of aryl methyl sites for hydroxylation is 2. The molecule has 1 unspecified atom stereocenters. The largest absolute Gasteiger partial charge is 0.494 e. The number of benzene rings is 2. The van der Waals surface area contributed by atoms with Crippen molar-refractivity contribution in [2.45, 2.75) is 109 Å². The van der Waals surface area contributed by atoms with Crippen molar-refractivity contribution < 1.29 is 28.7 Å². The first-order valence-corrected chi connectivity index (χ1v) is 18.8. The van der Waals surface area contributed by atoms with E-state index in [0.717, 1.165) is 60.5 Å². The molecule has 5 rings (SSSR count). The third-order valence-corrected chi connectivity index (χ3v) is 10.5. The van der Waals surface area contributed by atoms with Crippen molar-refractivity contribution in [3.8, 4) is 5.75 Å². The number of carbonyl (C=O) groups excluding carboxylic acids is 4. The van der Waals surface area contributed by atoms with Crippen LogP contribution in [0, 0.1) is 18.8 Å². The molecule has 1 aliphatic carbocycles. The molecular formula is C40H56N4O6. The molecule has 4 bridgehead atoms. The summed E-state index contributed by atoms with van der Waals surface area (Å²) in [7, 11) is 0. The smallest absolute Gasteiger partial charge is 0.243 e. The van der Waals surface area contributed by atoms with Gasteiger partial charge in [0.25, 0.3) is 0 Å². The number of rotatable bonds is 11. The quantitative estimate of drug-likeness (QED) is 0.286. The topological polar surface area (TPSA) is 126 Å². The van der Waals surface area contributed by atoms with Gasteiger partial charge in [-0.1, -0.05) is 62.1 Å². The van der Waals surface area contributed by atoms with Crippen LogP contribution in [-0.4, -0.2) is 73.5 Å². The Bertz CT molecular complexity index is 1410. The molecule has 2 aromatic rings. The van der Waals surface area contributed by atoms with E-state index < -0.39 is 18.0 Å². The monoisotopic (exact) mass is 688 g/mol. The predicted octanol–water partition coefficient (Wildman–Crippen LogP) is 5.00. The lowest BCUT2D eigenvalue weighted by atomic mass is 9.94. The average Bonchev–Trinajstić information content (AvgIpc) is 3.65. The fourth-order valence-corrected chi connectivity index (χ4v) is 7.42. The molecule has 50 heavy (non-hydrogen) atoms. The molecule has 272 valence electrons. The van der Waals surface area contributed by atoms with Crippen molar-refractivity contribution in [1.82, 2.24) is 20.9 Å². The Hall–Kier alpha value is -3.92. The molecule has 0 spiro atoms. The second-order valence-corrected chi connectivity index (χ2v) is 14.4. The maximum atomic E-state index is 13.9. The highest BCUT2D eigenvalue weighted by atomic mass is 16.5. The Morgan fingerprint density at radius 1 is 0.960 bits per heavy atom. The van der Waals surface area contributed by atoms with Gasteiger partial charge in [0.2, 0.25) is 23.6 Å². The highest BCUT2D eigenvalue weighted by molar-refractivity contribution is 5.95. The standard InChI is InChI=1S/C40H56N4O6/c1-29-15-17-34-25-33(29)27-41-39(47)35(18-16-31-9-3-2-4-10-31)43-40(48)36(26-38(46)44-21-7-13-32(28-44)19-24-50-34)42-37(45)20-23-49-22-8-14-30-11-5-6-12-30/h2-4,9-10,15,17,25,30,32,35-36H,5-8,11-14,16,18-24,26-28H2,1H3,(H,41,47)(H,42,45)(H,43,48)/t32?,35-,36-/m0/s1. The minimum atomic E-state index is -1.12. The number of nitrogens with zero attached hydrogens (tertiary/aromatic N) is 1. The summed E-state index contributed by atoms with van der Waals surface area (Å²) in [5.74, 6) is 0.408. The number of piperidine rings is 1. The highest BCUT2D eigenvalue weighted by Crippen LogP contribution is 2.28. The molecule has 3 aliphatic rings. The zero-order valence-corrected chi connectivity index (χ0v) is 29.8. The highest BCUT2D eigenvalue weighted by Gasteiger charge is 2.32. The summed E-state index contributed by atoms with van der Waals surface area (Å²) in [5, 5.41) is 8.75. The van der Waals surface area contributed by atoms with Crippen molar-refractivity contribution in [3.63, 3.8) is 0 Å². The predicted molar refractivity (Wildman–Crippen MR) is 192 cm³/mol. The van der Waals surface area contributed by atoms with Crippen LogP contribution in [0.25, 0.3) is 0 Å². The minimum Gasteiger partial charge on any atom is -0.494 e. The van der Waals surface area contributed by atoms with E-state index in [4.69, 9.17) is 9.47 Å².